The fourth-order valence-electron chi connectivity index (χ4n) is 5.04. The molecule has 0 spiro atoms. The monoisotopic (exact) mass is 405 g/mol. The molecular formula is C24H31N5O. The highest BCUT2D eigenvalue weighted by atomic mass is 16.2. The minimum absolute atomic E-state index is 0.117. The number of carbonyl (C=O) groups is 1. The third-order valence-electron chi connectivity index (χ3n) is 6.75. The molecule has 2 aliphatic heterocycles. The van der Waals surface area contributed by atoms with Crippen molar-refractivity contribution in [1.82, 2.24) is 20.6 Å². The number of hydrogen-bond acceptors (Lipinski definition) is 5. The smallest absolute Gasteiger partial charge is 0.223 e. The van der Waals surface area contributed by atoms with Crippen molar-refractivity contribution in [2.45, 2.75) is 51.0 Å². The highest BCUT2D eigenvalue weighted by molar-refractivity contribution is 5.79. The normalized spacial score (nSPS) is 22.0. The number of nitrogens with one attached hydrogen (secondary N) is 2. The van der Waals surface area contributed by atoms with Gasteiger partial charge in [-0.3, -0.25) is 4.79 Å². The van der Waals surface area contributed by atoms with E-state index in [4.69, 9.17) is 9.97 Å². The molecule has 1 atom stereocenters. The quantitative estimate of drug-likeness (QED) is 0.819. The number of aryl methyl sites for hydroxylation is 1. The molecule has 0 radical (unpaired) electrons. The fourth-order valence-corrected chi connectivity index (χ4v) is 5.04. The molecule has 2 saturated heterocycles. The predicted molar refractivity (Wildman–Crippen MR) is 118 cm³/mol. The van der Waals surface area contributed by atoms with E-state index >= 15 is 0 Å². The zero-order valence-corrected chi connectivity index (χ0v) is 17.6. The molecule has 2 aromatic rings. The molecule has 158 valence electrons. The van der Waals surface area contributed by atoms with Crippen LogP contribution < -0.4 is 15.5 Å². The summed E-state index contributed by atoms with van der Waals surface area (Å²) in [7, 11) is 0. The molecule has 0 unspecified atom stereocenters. The number of amides is 1. The molecule has 6 heteroatoms. The lowest BCUT2D eigenvalue weighted by Gasteiger charge is -2.34. The van der Waals surface area contributed by atoms with Crippen LogP contribution in [-0.2, 0) is 17.6 Å². The average molecular weight is 406 g/mol. The highest BCUT2D eigenvalue weighted by Gasteiger charge is 2.30. The lowest BCUT2D eigenvalue weighted by atomic mass is 9.94. The van der Waals surface area contributed by atoms with Gasteiger partial charge >= 0.3 is 0 Å². The van der Waals surface area contributed by atoms with E-state index in [1.807, 2.05) is 18.2 Å². The van der Waals surface area contributed by atoms with Crippen LogP contribution in [0.1, 0.15) is 43.4 Å². The minimum Gasteiger partial charge on any atom is -0.356 e. The minimum atomic E-state index is 0.117. The second-order valence-electron chi connectivity index (χ2n) is 8.83. The Hall–Kier alpha value is -2.47. The zero-order valence-electron chi connectivity index (χ0n) is 17.6. The van der Waals surface area contributed by atoms with Crippen molar-refractivity contribution in [1.29, 1.82) is 0 Å². The molecule has 1 amide bonds. The first-order valence-corrected chi connectivity index (χ1v) is 11.5. The first kappa shape index (κ1) is 19.5. The standard InChI is InChI=1S/C24H31N5O/c30-24(26-19-8-5-13-25-16-19)18-11-14-29(15-12-18)23-20-9-4-10-21(20)27-22(28-23)17-6-2-1-3-7-17/h1-3,6-7,18-19,25H,4-5,8-16H2,(H,26,30)/t19-/m1/s1. The maximum atomic E-state index is 12.8. The SMILES string of the molecule is O=C(N[C@@H]1CCCNC1)C1CCN(c2nc(-c3ccccc3)nc3c2CCC3)CC1. The molecule has 1 aromatic heterocycles. The van der Waals surface area contributed by atoms with E-state index in [0.717, 1.165) is 88.3 Å². The van der Waals surface area contributed by atoms with Crippen LogP contribution in [0.3, 0.4) is 0 Å². The Bertz CT molecular complexity index is 886. The van der Waals surface area contributed by atoms with Crippen LogP contribution >= 0.6 is 0 Å². The van der Waals surface area contributed by atoms with Crippen LogP contribution in [0, 0.1) is 5.92 Å². The third kappa shape index (κ3) is 4.06. The van der Waals surface area contributed by atoms with Crippen molar-refractivity contribution < 1.29 is 4.79 Å². The highest BCUT2D eigenvalue weighted by Crippen LogP contribution is 2.33. The summed E-state index contributed by atoms with van der Waals surface area (Å²) in [5, 5.41) is 6.65. The van der Waals surface area contributed by atoms with Gasteiger partial charge < -0.3 is 15.5 Å². The van der Waals surface area contributed by atoms with E-state index in [1.165, 1.54) is 11.3 Å². The van der Waals surface area contributed by atoms with Crippen LogP contribution in [0.4, 0.5) is 5.82 Å². The van der Waals surface area contributed by atoms with Gasteiger partial charge in [-0.25, -0.2) is 9.97 Å². The predicted octanol–water partition coefficient (Wildman–Crippen LogP) is 2.72. The number of anilines is 1. The number of benzene rings is 1. The summed E-state index contributed by atoms with van der Waals surface area (Å²) in [5.41, 5.74) is 3.61. The number of carbonyl (C=O) groups excluding carboxylic acids is 1. The van der Waals surface area contributed by atoms with E-state index in [2.05, 4.69) is 27.7 Å². The molecule has 1 aliphatic carbocycles. The van der Waals surface area contributed by atoms with Gasteiger partial charge in [0.1, 0.15) is 5.82 Å². The van der Waals surface area contributed by atoms with Crippen LogP contribution in [0.25, 0.3) is 11.4 Å². The van der Waals surface area contributed by atoms with Crippen molar-refractivity contribution in [3.63, 3.8) is 0 Å². The molecule has 0 saturated carbocycles. The summed E-state index contributed by atoms with van der Waals surface area (Å²) >= 11 is 0. The van der Waals surface area contributed by atoms with E-state index < -0.39 is 0 Å². The Morgan fingerprint density at radius 1 is 1.03 bits per heavy atom. The van der Waals surface area contributed by atoms with E-state index in [9.17, 15) is 4.79 Å². The maximum absolute atomic E-state index is 12.8. The summed E-state index contributed by atoms with van der Waals surface area (Å²) in [6.45, 7) is 3.75. The van der Waals surface area contributed by atoms with E-state index in [0.29, 0.717) is 6.04 Å². The van der Waals surface area contributed by atoms with Crippen LogP contribution in [-0.4, -0.2) is 48.1 Å². The number of rotatable bonds is 4. The van der Waals surface area contributed by atoms with Crippen LogP contribution in [0.5, 0.6) is 0 Å². The number of piperidine rings is 2. The van der Waals surface area contributed by atoms with E-state index in [1.54, 1.807) is 0 Å². The van der Waals surface area contributed by atoms with Gasteiger partial charge in [-0.15, -0.1) is 0 Å². The Balaban J connectivity index is 1.29. The molecule has 5 rings (SSSR count). The lowest BCUT2D eigenvalue weighted by molar-refractivity contribution is -0.126. The summed E-state index contributed by atoms with van der Waals surface area (Å²) in [6.07, 6.45) is 7.28. The maximum Gasteiger partial charge on any atom is 0.223 e. The number of nitrogens with zero attached hydrogens (tertiary/aromatic N) is 3. The van der Waals surface area contributed by atoms with Crippen molar-refractivity contribution in [3.8, 4) is 11.4 Å². The molecule has 2 N–H and O–H groups in total. The Morgan fingerprint density at radius 2 is 1.87 bits per heavy atom. The molecule has 6 nitrogen and oxygen atoms in total. The van der Waals surface area contributed by atoms with E-state index in [-0.39, 0.29) is 11.8 Å². The van der Waals surface area contributed by atoms with Gasteiger partial charge in [0.05, 0.1) is 0 Å². The van der Waals surface area contributed by atoms with Crippen molar-refractivity contribution in [3.05, 3.63) is 41.6 Å². The van der Waals surface area contributed by atoms with Gasteiger partial charge in [-0.2, -0.15) is 0 Å². The molecule has 3 heterocycles. The molecule has 30 heavy (non-hydrogen) atoms. The van der Waals surface area contributed by atoms with Crippen molar-refractivity contribution in [2.75, 3.05) is 31.1 Å². The Morgan fingerprint density at radius 3 is 2.63 bits per heavy atom. The molecular weight excluding hydrogens is 374 g/mol. The number of hydrogen-bond donors (Lipinski definition) is 2. The Kier molecular flexibility index (Phi) is 5.67. The number of fused-ring (bicyclic) bond motifs is 1. The van der Waals surface area contributed by atoms with Gasteiger partial charge in [0.15, 0.2) is 5.82 Å². The topological polar surface area (TPSA) is 70.2 Å². The summed E-state index contributed by atoms with van der Waals surface area (Å²) < 4.78 is 0. The largest absolute Gasteiger partial charge is 0.356 e. The van der Waals surface area contributed by atoms with Gasteiger partial charge in [0.25, 0.3) is 0 Å². The van der Waals surface area contributed by atoms with Gasteiger partial charge in [-0.1, -0.05) is 30.3 Å². The zero-order chi connectivity index (χ0) is 20.3. The Labute approximate surface area is 178 Å². The van der Waals surface area contributed by atoms with Gasteiger partial charge in [0, 0.05) is 48.4 Å². The average Bonchev–Trinajstić information content (AvgIpc) is 3.29. The van der Waals surface area contributed by atoms with Crippen LogP contribution in [0.2, 0.25) is 0 Å². The van der Waals surface area contributed by atoms with Crippen molar-refractivity contribution in [2.24, 2.45) is 5.92 Å². The summed E-state index contributed by atoms with van der Waals surface area (Å²) in [4.78, 5) is 25.0. The van der Waals surface area contributed by atoms with Gasteiger partial charge in [-0.05, 0) is 51.5 Å². The molecule has 0 bridgehead atoms. The fraction of sp³-hybridized carbons (Fsp3) is 0.542. The van der Waals surface area contributed by atoms with Gasteiger partial charge in [0.2, 0.25) is 5.91 Å². The summed E-state index contributed by atoms with van der Waals surface area (Å²) in [6, 6.07) is 10.6. The summed E-state index contributed by atoms with van der Waals surface area (Å²) in [5.74, 6) is 2.29. The molecule has 2 fully saturated rings. The second kappa shape index (κ2) is 8.72. The lowest BCUT2D eigenvalue weighted by Crippen LogP contribution is -2.49. The molecule has 1 aromatic carbocycles. The molecule has 3 aliphatic rings. The first-order chi connectivity index (χ1) is 14.8. The third-order valence-corrected chi connectivity index (χ3v) is 6.75. The number of aromatic nitrogens is 2. The van der Waals surface area contributed by atoms with Crippen LogP contribution in [0.15, 0.2) is 30.3 Å². The first-order valence-electron chi connectivity index (χ1n) is 11.5. The second-order valence-corrected chi connectivity index (χ2v) is 8.83. The van der Waals surface area contributed by atoms with Crippen molar-refractivity contribution >= 4 is 11.7 Å².